The molecule has 30 heavy (non-hydrogen) atoms. The van der Waals surface area contributed by atoms with Gasteiger partial charge in [0, 0.05) is 24.1 Å². The summed E-state index contributed by atoms with van der Waals surface area (Å²) in [6.45, 7) is 4.98. The predicted octanol–water partition coefficient (Wildman–Crippen LogP) is 2.27. The second kappa shape index (κ2) is 9.20. The monoisotopic (exact) mass is 477 g/mol. The Bertz CT molecular complexity index is 925. The number of ether oxygens (including phenoxy) is 2. The number of carbonyl (C=O) groups is 2. The van der Waals surface area contributed by atoms with Crippen molar-refractivity contribution >= 4 is 33.4 Å². The Morgan fingerprint density at radius 2 is 2.03 bits per heavy atom. The average Bonchev–Trinajstić information content (AvgIpc) is 3.17. The highest BCUT2D eigenvalue weighted by Crippen LogP contribution is 2.34. The zero-order valence-corrected chi connectivity index (χ0v) is 18.3. The number of carbonyl (C=O) groups excluding carboxylic acids is 2. The molecular formula is C21H24BrN3O5. The molecule has 2 aliphatic heterocycles. The zero-order valence-electron chi connectivity index (χ0n) is 16.7. The van der Waals surface area contributed by atoms with Crippen molar-refractivity contribution in [1.29, 1.82) is 0 Å². The SMILES string of the molecule is Cc1ccc(C(CNC(=O)CN2C(=O)COc3cc(Br)ccc32)N2CCOCC2)o1. The minimum Gasteiger partial charge on any atom is -0.482 e. The van der Waals surface area contributed by atoms with Crippen molar-refractivity contribution in [2.75, 3.05) is 50.9 Å². The van der Waals surface area contributed by atoms with Crippen LogP contribution in [0.3, 0.4) is 0 Å². The molecule has 4 rings (SSSR count). The maximum Gasteiger partial charge on any atom is 0.265 e. The van der Waals surface area contributed by atoms with Crippen LogP contribution in [-0.2, 0) is 14.3 Å². The number of halogens is 1. The average molecular weight is 478 g/mol. The number of furan rings is 1. The summed E-state index contributed by atoms with van der Waals surface area (Å²) in [4.78, 5) is 28.8. The molecule has 1 atom stereocenters. The summed E-state index contributed by atoms with van der Waals surface area (Å²) in [6, 6.07) is 9.16. The largest absolute Gasteiger partial charge is 0.482 e. The first-order chi connectivity index (χ1) is 14.5. The molecule has 1 unspecified atom stereocenters. The van der Waals surface area contributed by atoms with Gasteiger partial charge in [0.25, 0.3) is 5.91 Å². The number of hydrogen-bond donors (Lipinski definition) is 1. The standard InChI is InChI=1S/C21H24BrN3O5/c1-14-2-5-18(30-14)17(24-6-8-28-9-7-24)11-23-20(26)12-25-16-4-3-15(22)10-19(16)29-13-21(25)27/h2-5,10,17H,6-9,11-13H2,1H3,(H,23,26). The molecule has 1 aromatic heterocycles. The highest BCUT2D eigenvalue weighted by molar-refractivity contribution is 9.10. The summed E-state index contributed by atoms with van der Waals surface area (Å²) in [6.07, 6.45) is 0. The molecule has 2 aliphatic rings. The number of benzene rings is 1. The number of rotatable bonds is 6. The van der Waals surface area contributed by atoms with Crippen LogP contribution in [0.25, 0.3) is 0 Å². The van der Waals surface area contributed by atoms with E-state index in [-0.39, 0.29) is 31.0 Å². The van der Waals surface area contributed by atoms with E-state index in [4.69, 9.17) is 13.9 Å². The zero-order chi connectivity index (χ0) is 21.1. The summed E-state index contributed by atoms with van der Waals surface area (Å²) < 4.78 is 17.6. The second-order valence-corrected chi connectivity index (χ2v) is 8.21. The maximum absolute atomic E-state index is 12.7. The van der Waals surface area contributed by atoms with Crippen LogP contribution in [0.5, 0.6) is 5.75 Å². The smallest absolute Gasteiger partial charge is 0.265 e. The summed E-state index contributed by atoms with van der Waals surface area (Å²) in [5.74, 6) is 1.74. The number of amides is 2. The summed E-state index contributed by atoms with van der Waals surface area (Å²) in [5, 5.41) is 2.97. The van der Waals surface area contributed by atoms with Crippen molar-refractivity contribution in [2.45, 2.75) is 13.0 Å². The Hall–Kier alpha value is -2.36. The Morgan fingerprint density at radius 1 is 1.23 bits per heavy atom. The van der Waals surface area contributed by atoms with Crippen molar-refractivity contribution in [2.24, 2.45) is 0 Å². The molecule has 1 aromatic carbocycles. The van der Waals surface area contributed by atoms with Crippen molar-refractivity contribution < 1.29 is 23.5 Å². The molecule has 0 spiro atoms. The van der Waals surface area contributed by atoms with Crippen LogP contribution in [0.15, 0.2) is 39.2 Å². The number of nitrogens with zero attached hydrogens (tertiary/aromatic N) is 2. The second-order valence-electron chi connectivity index (χ2n) is 7.30. The Morgan fingerprint density at radius 3 is 2.77 bits per heavy atom. The van der Waals surface area contributed by atoms with Gasteiger partial charge in [-0.25, -0.2) is 0 Å². The molecular weight excluding hydrogens is 454 g/mol. The topological polar surface area (TPSA) is 84.2 Å². The molecule has 1 fully saturated rings. The van der Waals surface area contributed by atoms with E-state index in [1.165, 1.54) is 4.90 Å². The third-order valence-corrected chi connectivity index (χ3v) is 5.73. The molecule has 9 heteroatoms. The van der Waals surface area contributed by atoms with Gasteiger partial charge in [0.15, 0.2) is 6.61 Å². The van der Waals surface area contributed by atoms with Gasteiger partial charge >= 0.3 is 0 Å². The van der Waals surface area contributed by atoms with Gasteiger partial charge in [-0.05, 0) is 37.3 Å². The van der Waals surface area contributed by atoms with Gasteiger partial charge < -0.3 is 19.2 Å². The molecule has 0 bridgehead atoms. The van der Waals surface area contributed by atoms with Crippen LogP contribution in [0, 0.1) is 6.92 Å². The van der Waals surface area contributed by atoms with Gasteiger partial charge in [-0.15, -0.1) is 0 Å². The van der Waals surface area contributed by atoms with E-state index >= 15 is 0 Å². The van der Waals surface area contributed by atoms with Gasteiger partial charge in [0.2, 0.25) is 5.91 Å². The first kappa shape index (κ1) is 20.9. The van der Waals surface area contributed by atoms with Crippen molar-refractivity contribution in [3.63, 3.8) is 0 Å². The molecule has 8 nitrogen and oxygen atoms in total. The quantitative estimate of drug-likeness (QED) is 0.686. The molecule has 3 heterocycles. The molecule has 0 saturated carbocycles. The van der Waals surface area contributed by atoms with Crippen LogP contribution in [-0.4, -0.2) is 62.7 Å². The third kappa shape index (κ3) is 4.69. The molecule has 1 N–H and O–H groups in total. The van der Waals surface area contributed by atoms with Crippen molar-refractivity contribution in [3.8, 4) is 5.75 Å². The minimum atomic E-state index is -0.244. The molecule has 0 radical (unpaired) electrons. The first-order valence-electron chi connectivity index (χ1n) is 9.89. The molecule has 1 saturated heterocycles. The number of nitrogens with one attached hydrogen (secondary N) is 1. The Balaban J connectivity index is 1.43. The summed E-state index contributed by atoms with van der Waals surface area (Å²) in [5.41, 5.74) is 0.594. The lowest BCUT2D eigenvalue weighted by molar-refractivity contribution is -0.125. The van der Waals surface area contributed by atoms with Crippen LogP contribution >= 0.6 is 15.9 Å². The normalized spacial score (nSPS) is 17.9. The molecule has 2 amide bonds. The fourth-order valence-electron chi connectivity index (χ4n) is 3.69. The van der Waals surface area contributed by atoms with Crippen molar-refractivity contribution in [3.05, 3.63) is 46.3 Å². The highest BCUT2D eigenvalue weighted by atomic mass is 79.9. The van der Waals surface area contributed by atoms with E-state index in [9.17, 15) is 9.59 Å². The van der Waals surface area contributed by atoms with E-state index in [2.05, 4.69) is 26.1 Å². The van der Waals surface area contributed by atoms with Gasteiger partial charge in [-0.1, -0.05) is 15.9 Å². The van der Waals surface area contributed by atoms with E-state index in [1.807, 2.05) is 25.1 Å². The third-order valence-electron chi connectivity index (χ3n) is 5.24. The van der Waals surface area contributed by atoms with E-state index in [1.54, 1.807) is 12.1 Å². The van der Waals surface area contributed by atoms with E-state index < -0.39 is 0 Å². The number of morpholine rings is 1. The Kier molecular flexibility index (Phi) is 6.40. The van der Waals surface area contributed by atoms with Gasteiger partial charge in [-0.2, -0.15) is 0 Å². The highest BCUT2D eigenvalue weighted by Gasteiger charge is 2.29. The van der Waals surface area contributed by atoms with E-state index in [0.29, 0.717) is 31.2 Å². The maximum atomic E-state index is 12.7. The van der Waals surface area contributed by atoms with Crippen LogP contribution in [0.1, 0.15) is 17.6 Å². The van der Waals surface area contributed by atoms with Crippen LogP contribution < -0.4 is 15.0 Å². The van der Waals surface area contributed by atoms with Crippen LogP contribution in [0.4, 0.5) is 5.69 Å². The van der Waals surface area contributed by atoms with Crippen molar-refractivity contribution in [1.82, 2.24) is 10.2 Å². The predicted molar refractivity (Wildman–Crippen MR) is 114 cm³/mol. The molecule has 0 aliphatic carbocycles. The summed E-state index contributed by atoms with van der Waals surface area (Å²) in [7, 11) is 0. The fraction of sp³-hybridized carbons (Fsp3) is 0.429. The number of anilines is 1. The minimum absolute atomic E-state index is 0.0656. The summed E-state index contributed by atoms with van der Waals surface area (Å²) >= 11 is 3.39. The number of hydrogen-bond acceptors (Lipinski definition) is 6. The lowest BCUT2D eigenvalue weighted by atomic mass is 10.1. The fourth-order valence-corrected chi connectivity index (χ4v) is 4.03. The van der Waals surface area contributed by atoms with Gasteiger partial charge in [0.05, 0.1) is 24.9 Å². The van der Waals surface area contributed by atoms with Crippen LogP contribution in [0.2, 0.25) is 0 Å². The molecule has 2 aromatic rings. The lowest BCUT2D eigenvalue weighted by Crippen LogP contribution is -2.48. The van der Waals surface area contributed by atoms with Gasteiger partial charge in [0.1, 0.15) is 23.8 Å². The van der Waals surface area contributed by atoms with Gasteiger partial charge in [-0.3, -0.25) is 19.4 Å². The number of fused-ring (bicyclic) bond motifs is 1. The Labute approximate surface area is 183 Å². The van der Waals surface area contributed by atoms with E-state index in [0.717, 1.165) is 29.1 Å². The number of aryl methyl sites for hydroxylation is 1. The molecule has 160 valence electrons. The lowest BCUT2D eigenvalue weighted by Gasteiger charge is -2.34. The first-order valence-corrected chi connectivity index (χ1v) is 10.7.